The second-order valence-corrected chi connectivity index (χ2v) is 6.36. The van der Waals surface area contributed by atoms with Crippen LogP contribution < -0.4 is 10.6 Å². The van der Waals surface area contributed by atoms with Crippen LogP contribution in [0.25, 0.3) is 0 Å². The van der Waals surface area contributed by atoms with Gasteiger partial charge in [0.1, 0.15) is 0 Å². The van der Waals surface area contributed by atoms with Gasteiger partial charge in [-0.05, 0) is 45.8 Å². The third-order valence-corrected chi connectivity index (χ3v) is 3.98. The monoisotopic (exact) mass is 374 g/mol. The van der Waals surface area contributed by atoms with Crippen LogP contribution in [0.15, 0.2) is 53.0 Å². The molecule has 0 aliphatic heterocycles. The van der Waals surface area contributed by atoms with Crippen molar-refractivity contribution in [1.82, 2.24) is 5.32 Å². The molecule has 2 N–H and O–H groups in total. The Morgan fingerprint density at radius 2 is 1.83 bits per heavy atom. The van der Waals surface area contributed by atoms with Crippen LogP contribution in [0.2, 0.25) is 0 Å². The van der Waals surface area contributed by atoms with Gasteiger partial charge < -0.3 is 10.6 Å². The van der Waals surface area contributed by atoms with Crippen molar-refractivity contribution in [1.29, 1.82) is 0 Å². The lowest BCUT2D eigenvalue weighted by molar-refractivity contribution is -0.118. The van der Waals surface area contributed by atoms with Crippen LogP contribution in [0.3, 0.4) is 0 Å². The van der Waals surface area contributed by atoms with Crippen LogP contribution in [0.5, 0.6) is 0 Å². The summed E-state index contributed by atoms with van der Waals surface area (Å²) in [5.74, 6) is -0.248. The maximum atomic E-state index is 12.2. The highest BCUT2D eigenvalue weighted by Gasteiger charge is 2.10. The molecule has 4 nitrogen and oxygen atoms in total. The summed E-state index contributed by atoms with van der Waals surface area (Å²) >= 11 is 3.37. The molecule has 0 heterocycles. The zero-order valence-corrected chi connectivity index (χ0v) is 14.7. The Kier molecular flexibility index (Phi) is 5.93. The third kappa shape index (κ3) is 4.93. The zero-order valence-electron chi connectivity index (χ0n) is 13.1. The normalized spacial score (nSPS) is 10.4. The average molecular weight is 375 g/mol. The van der Waals surface area contributed by atoms with Gasteiger partial charge in [-0.2, -0.15) is 0 Å². The number of rotatable bonds is 5. The molecule has 0 unspecified atom stereocenters. The second-order valence-electron chi connectivity index (χ2n) is 5.51. The van der Waals surface area contributed by atoms with E-state index in [1.807, 2.05) is 56.3 Å². The maximum Gasteiger partial charge on any atom is 0.252 e. The molecule has 0 saturated carbocycles. The lowest BCUT2D eigenvalue weighted by Gasteiger charge is -2.10. The summed E-state index contributed by atoms with van der Waals surface area (Å²) < 4.78 is 0.760. The Morgan fingerprint density at radius 1 is 1.09 bits per heavy atom. The van der Waals surface area contributed by atoms with Crippen molar-refractivity contribution in [3.05, 3.63) is 64.1 Å². The van der Waals surface area contributed by atoms with Crippen LogP contribution in [-0.2, 0) is 11.3 Å². The minimum absolute atomic E-state index is 0.0283. The summed E-state index contributed by atoms with van der Waals surface area (Å²) in [7, 11) is 0. The van der Waals surface area contributed by atoms with Crippen molar-refractivity contribution in [2.24, 2.45) is 5.92 Å². The van der Waals surface area contributed by atoms with Crippen molar-refractivity contribution >= 4 is 33.4 Å². The Bertz CT molecular complexity index is 714. The number of amides is 2. The predicted octanol–water partition coefficient (Wildman–Crippen LogP) is 3.97. The molecule has 0 saturated heterocycles. The fraction of sp³-hybridized carbons (Fsp3) is 0.222. The van der Waals surface area contributed by atoms with Crippen LogP contribution in [0.4, 0.5) is 5.69 Å². The van der Waals surface area contributed by atoms with Crippen LogP contribution in [-0.4, -0.2) is 11.8 Å². The van der Waals surface area contributed by atoms with Gasteiger partial charge in [-0.3, -0.25) is 9.59 Å². The maximum absolute atomic E-state index is 12.2. The molecule has 0 bridgehead atoms. The lowest BCUT2D eigenvalue weighted by atomic mass is 10.1. The fourth-order valence-electron chi connectivity index (χ4n) is 1.97. The molecule has 120 valence electrons. The molecule has 2 amide bonds. The lowest BCUT2D eigenvalue weighted by Crippen LogP contribution is -2.23. The minimum Gasteiger partial charge on any atom is -0.348 e. The fourth-order valence-corrected chi connectivity index (χ4v) is 2.43. The average Bonchev–Trinajstić information content (AvgIpc) is 2.53. The number of hydrogen-bond acceptors (Lipinski definition) is 2. The molecule has 2 aromatic carbocycles. The summed E-state index contributed by atoms with van der Waals surface area (Å²) in [6.07, 6.45) is 0. The first-order chi connectivity index (χ1) is 11.0. The smallest absolute Gasteiger partial charge is 0.252 e. The van der Waals surface area contributed by atoms with Gasteiger partial charge >= 0.3 is 0 Å². The number of carbonyl (C=O) groups excluding carboxylic acids is 2. The largest absolute Gasteiger partial charge is 0.348 e. The Balaban J connectivity index is 2.00. The van der Waals surface area contributed by atoms with E-state index >= 15 is 0 Å². The van der Waals surface area contributed by atoms with Crippen molar-refractivity contribution in [3.8, 4) is 0 Å². The molecule has 0 aromatic heterocycles. The number of nitrogens with one attached hydrogen (secondary N) is 2. The number of benzene rings is 2. The van der Waals surface area contributed by atoms with E-state index in [2.05, 4.69) is 26.6 Å². The van der Waals surface area contributed by atoms with E-state index < -0.39 is 0 Å². The van der Waals surface area contributed by atoms with Gasteiger partial charge in [-0.25, -0.2) is 0 Å². The third-order valence-electron chi connectivity index (χ3n) is 3.29. The number of hydrogen-bond donors (Lipinski definition) is 2. The van der Waals surface area contributed by atoms with Gasteiger partial charge in [-0.1, -0.05) is 38.1 Å². The summed E-state index contributed by atoms with van der Waals surface area (Å²) in [4.78, 5) is 23.9. The molecule has 0 atom stereocenters. The number of anilines is 1. The topological polar surface area (TPSA) is 58.2 Å². The standard InChI is InChI=1S/C18H19BrN2O2/c1-12(2)17(22)21-14-7-5-6-13(10-14)11-20-18(23)15-8-3-4-9-16(15)19/h3-10,12H,11H2,1-2H3,(H,20,23)(H,21,22). The van der Waals surface area contributed by atoms with Gasteiger partial charge in [-0.15, -0.1) is 0 Å². The molecule has 5 heteroatoms. The van der Waals surface area contributed by atoms with Crippen LogP contribution in [0.1, 0.15) is 29.8 Å². The highest BCUT2D eigenvalue weighted by atomic mass is 79.9. The van der Waals surface area contributed by atoms with E-state index in [0.717, 1.165) is 15.7 Å². The quantitative estimate of drug-likeness (QED) is 0.831. The van der Waals surface area contributed by atoms with E-state index in [9.17, 15) is 9.59 Å². The van der Waals surface area contributed by atoms with Gasteiger partial charge in [0.2, 0.25) is 5.91 Å². The summed E-state index contributed by atoms with van der Waals surface area (Å²) in [5, 5.41) is 5.73. The van der Waals surface area contributed by atoms with Gasteiger partial charge in [0.05, 0.1) is 5.56 Å². The van der Waals surface area contributed by atoms with E-state index in [-0.39, 0.29) is 17.7 Å². The van der Waals surface area contributed by atoms with E-state index in [4.69, 9.17) is 0 Å². The summed E-state index contributed by atoms with van der Waals surface area (Å²) in [6.45, 7) is 4.08. The van der Waals surface area contributed by atoms with E-state index in [1.54, 1.807) is 6.07 Å². The van der Waals surface area contributed by atoms with Crippen LogP contribution in [0, 0.1) is 5.92 Å². The van der Waals surface area contributed by atoms with Gasteiger partial charge in [0.15, 0.2) is 0 Å². The first-order valence-corrected chi connectivity index (χ1v) is 8.19. The Hall–Kier alpha value is -2.14. The molecule has 0 fully saturated rings. The highest BCUT2D eigenvalue weighted by molar-refractivity contribution is 9.10. The molecule has 0 aliphatic rings. The first kappa shape index (κ1) is 17.2. The van der Waals surface area contributed by atoms with Gasteiger partial charge in [0.25, 0.3) is 5.91 Å². The second kappa shape index (κ2) is 7.92. The zero-order chi connectivity index (χ0) is 16.8. The Morgan fingerprint density at radius 3 is 2.52 bits per heavy atom. The highest BCUT2D eigenvalue weighted by Crippen LogP contribution is 2.16. The molecule has 0 spiro atoms. The molecule has 2 aromatic rings. The SMILES string of the molecule is CC(C)C(=O)Nc1cccc(CNC(=O)c2ccccc2Br)c1. The van der Waals surface area contributed by atoms with Crippen molar-refractivity contribution in [2.45, 2.75) is 20.4 Å². The number of carbonyl (C=O) groups is 2. The molecule has 0 radical (unpaired) electrons. The van der Waals surface area contributed by atoms with Crippen molar-refractivity contribution < 1.29 is 9.59 Å². The summed E-state index contributed by atoms with van der Waals surface area (Å²) in [5.41, 5.74) is 2.25. The molecule has 2 rings (SSSR count). The summed E-state index contributed by atoms with van der Waals surface area (Å²) in [6, 6.07) is 14.7. The molecule has 0 aliphatic carbocycles. The van der Waals surface area contributed by atoms with Crippen molar-refractivity contribution in [3.63, 3.8) is 0 Å². The Labute approximate surface area is 144 Å². The molecule has 23 heavy (non-hydrogen) atoms. The van der Waals surface area contributed by atoms with E-state index in [1.165, 1.54) is 0 Å². The minimum atomic E-state index is -0.144. The number of halogens is 1. The molecular formula is C18H19BrN2O2. The van der Waals surface area contributed by atoms with Crippen molar-refractivity contribution in [2.75, 3.05) is 5.32 Å². The predicted molar refractivity (Wildman–Crippen MR) is 95.2 cm³/mol. The van der Waals surface area contributed by atoms with Gasteiger partial charge in [0, 0.05) is 22.6 Å². The van der Waals surface area contributed by atoms with E-state index in [0.29, 0.717) is 12.1 Å². The van der Waals surface area contributed by atoms with Crippen LogP contribution >= 0.6 is 15.9 Å². The first-order valence-electron chi connectivity index (χ1n) is 7.40. The molecular weight excluding hydrogens is 356 g/mol.